The van der Waals surface area contributed by atoms with E-state index in [2.05, 4.69) is 25.3 Å². The Kier molecular flexibility index (Phi) is 3.48. The summed E-state index contributed by atoms with van der Waals surface area (Å²) in [7, 11) is 1.79. The topological polar surface area (TPSA) is 75.7 Å². The predicted molar refractivity (Wildman–Crippen MR) is 73.3 cm³/mol. The van der Waals surface area contributed by atoms with Gasteiger partial charge in [0.1, 0.15) is 11.6 Å². The van der Waals surface area contributed by atoms with Gasteiger partial charge in [-0.3, -0.25) is 0 Å². The van der Waals surface area contributed by atoms with Crippen molar-refractivity contribution in [2.24, 2.45) is 0 Å². The van der Waals surface area contributed by atoms with Gasteiger partial charge in [-0.15, -0.1) is 0 Å². The van der Waals surface area contributed by atoms with Gasteiger partial charge in [-0.1, -0.05) is 12.8 Å². The third-order valence-corrected chi connectivity index (χ3v) is 3.56. The largest absolute Gasteiger partial charge is 0.473 e. The number of nitrogens with one attached hydrogen (secondary N) is 2. The number of hydrogen-bond donors (Lipinski definition) is 2. The molecule has 0 bridgehead atoms. The van der Waals surface area contributed by atoms with Gasteiger partial charge in [-0.25, -0.2) is 4.98 Å². The summed E-state index contributed by atoms with van der Waals surface area (Å²) >= 11 is 0. The highest BCUT2D eigenvalue weighted by atomic mass is 16.5. The summed E-state index contributed by atoms with van der Waals surface area (Å²) in [5.74, 6) is 1.15. The van der Waals surface area contributed by atoms with E-state index in [1.54, 1.807) is 13.4 Å². The second-order valence-corrected chi connectivity index (χ2v) is 4.93. The first-order valence-corrected chi connectivity index (χ1v) is 6.92. The molecule has 0 spiro atoms. The van der Waals surface area contributed by atoms with Crippen LogP contribution in [0.3, 0.4) is 0 Å². The van der Waals surface area contributed by atoms with Crippen molar-refractivity contribution in [3.8, 4) is 5.88 Å². The molecule has 6 nitrogen and oxygen atoms in total. The molecule has 2 N–H and O–H groups in total. The van der Waals surface area contributed by atoms with Crippen LogP contribution in [0.2, 0.25) is 0 Å². The number of aromatic nitrogens is 4. The highest BCUT2D eigenvalue weighted by Gasteiger charge is 2.18. The van der Waals surface area contributed by atoms with Crippen molar-refractivity contribution in [2.45, 2.75) is 44.6 Å². The Morgan fingerprint density at radius 2 is 2.00 bits per heavy atom. The van der Waals surface area contributed by atoms with Gasteiger partial charge in [-0.05, 0) is 25.7 Å². The summed E-state index contributed by atoms with van der Waals surface area (Å²) in [6, 6.07) is 0. The van der Waals surface area contributed by atoms with E-state index in [9.17, 15) is 0 Å². The first-order chi connectivity index (χ1) is 9.36. The van der Waals surface area contributed by atoms with Crippen molar-refractivity contribution in [3.63, 3.8) is 0 Å². The van der Waals surface area contributed by atoms with Crippen LogP contribution in [0, 0.1) is 0 Å². The quantitative estimate of drug-likeness (QED) is 0.830. The van der Waals surface area contributed by atoms with Gasteiger partial charge in [0, 0.05) is 7.05 Å². The maximum absolute atomic E-state index is 6.09. The monoisotopic (exact) mass is 261 g/mol. The summed E-state index contributed by atoms with van der Waals surface area (Å²) in [6.45, 7) is 0. The first-order valence-electron chi connectivity index (χ1n) is 6.92. The second-order valence-electron chi connectivity index (χ2n) is 4.93. The van der Waals surface area contributed by atoms with Gasteiger partial charge in [0.25, 0.3) is 0 Å². The van der Waals surface area contributed by atoms with E-state index in [-0.39, 0.29) is 6.10 Å². The Hall–Kier alpha value is -1.85. The molecule has 0 amide bonds. The molecule has 0 aliphatic heterocycles. The van der Waals surface area contributed by atoms with Crippen LogP contribution >= 0.6 is 0 Å². The molecule has 1 aliphatic rings. The SMILES string of the molecule is CNc1nc(OC2CCCCCC2)c2[nH]cnc2n1. The fourth-order valence-corrected chi connectivity index (χ4v) is 2.52. The fraction of sp³-hybridized carbons (Fsp3) is 0.615. The zero-order valence-electron chi connectivity index (χ0n) is 11.1. The van der Waals surface area contributed by atoms with E-state index in [1.807, 2.05) is 0 Å². The zero-order valence-corrected chi connectivity index (χ0v) is 11.1. The summed E-state index contributed by atoms with van der Waals surface area (Å²) in [6.07, 6.45) is 9.19. The summed E-state index contributed by atoms with van der Waals surface area (Å²) in [4.78, 5) is 15.9. The molecule has 1 saturated carbocycles. The molecule has 0 saturated heterocycles. The summed E-state index contributed by atoms with van der Waals surface area (Å²) < 4.78 is 6.09. The molecule has 0 aromatic carbocycles. The van der Waals surface area contributed by atoms with E-state index in [4.69, 9.17) is 4.74 Å². The summed E-state index contributed by atoms with van der Waals surface area (Å²) in [5, 5.41) is 2.94. The Morgan fingerprint density at radius 1 is 1.21 bits per heavy atom. The molecule has 2 heterocycles. The average molecular weight is 261 g/mol. The third kappa shape index (κ3) is 2.62. The lowest BCUT2D eigenvalue weighted by Gasteiger charge is -2.16. The van der Waals surface area contributed by atoms with Crippen LogP contribution in [0.5, 0.6) is 5.88 Å². The number of aromatic amines is 1. The maximum atomic E-state index is 6.09. The molecule has 102 valence electrons. The molecule has 3 rings (SSSR count). The van der Waals surface area contributed by atoms with Crippen LogP contribution in [0.1, 0.15) is 38.5 Å². The molecular formula is C13H19N5O. The highest BCUT2D eigenvalue weighted by molar-refractivity contribution is 5.76. The second kappa shape index (κ2) is 5.42. The Balaban J connectivity index is 1.87. The average Bonchev–Trinajstić information content (AvgIpc) is 2.76. The van der Waals surface area contributed by atoms with Crippen LogP contribution in [0.15, 0.2) is 6.33 Å². The first kappa shape index (κ1) is 12.2. The minimum absolute atomic E-state index is 0.258. The van der Waals surface area contributed by atoms with Crippen LogP contribution in [-0.2, 0) is 0 Å². The molecule has 0 radical (unpaired) electrons. The lowest BCUT2D eigenvalue weighted by molar-refractivity contribution is 0.178. The van der Waals surface area contributed by atoms with Crippen molar-refractivity contribution in [1.29, 1.82) is 0 Å². The lowest BCUT2D eigenvalue weighted by Crippen LogP contribution is -2.16. The van der Waals surface area contributed by atoms with Gasteiger partial charge >= 0.3 is 0 Å². The number of ether oxygens (including phenoxy) is 1. The number of anilines is 1. The molecule has 2 aromatic rings. The van der Waals surface area contributed by atoms with Crippen molar-refractivity contribution in [2.75, 3.05) is 12.4 Å². The van der Waals surface area contributed by atoms with Crippen LogP contribution in [-0.4, -0.2) is 33.1 Å². The van der Waals surface area contributed by atoms with Crippen LogP contribution < -0.4 is 10.1 Å². The molecule has 1 fully saturated rings. The van der Waals surface area contributed by atoms with E-state index in [0.29, 0.717) is 17.5 Å². The number of nitrogens with zero attached hydrogens (tertiary/aromatic N) is 3. The Bertz CT molecular complexity index is 545. The van der Waals surface area contributed by atoms with Crippen LogP contribution in [0.25, 0.3) is 11.2 Å². The number of H-pyrrole nitrogens is 1. The Morgan fingerprint density at radius 3 is 2.74 bits per heavy atom. The summed E-state index contributed by atoms with van der Waals surface area (Å²) in [5.41, 5.74) is 1.42. The molecular weight excluding hydrogens is 242 g/mol. The fourth-order valence-electron chi connectivity index (χ4n) is 2.52. The molecule has 0 atom stereocenters. The van der Waals surface area contributed by atoms with Crippen LogP contribution in [0.4, 0.5) is 5.95 Å². The molecule has 1 aliphatic carbocycles. The van der Waals surface area contributed by atoms with E-state index < -0.39 is 0 Å². The molecule has 6 heteroatoms. The lowest BCUT2D eigenvalue weighted by atomic mass is 10.1. The normalized spacial score (nSPS) is 17.3. The highest BCUT2D eigenvalue weighted by Crippen LogP contribution is 2.26. The van der Waals surface area contributed by atoms with Crippen molar-refractivity contribution >= 4 is 17.1 Å². The number of rotatable bonds is 3. The Labute approximate surface area is 112 Å². The number of fused-ring (bicyclic) bond motifs is 1. The van der Waals surface area contributed by atoms with Gasteiger partial charge in [0.15, 0.2) is 5.65 Å². The number of imidazole rings is 1. The molecule has 2 aromatic heterocycles. The van der Waals surface area contributed by atoms with E-state index >= 15 is 0 Å². The maximum Gasteiger partial charge on any atom is 0.245 e. The van der Waals surface area contributed by atoms with Crippen molar-refractivity contribution in [3.05, 3.63) is 6.33 Å². The van der Waals surface area contributed by atoms with Gasteiger partial charge in [-0.2, -0.15) is 9.97 Å². The van der Waals surface area contributed by atoms with Gasteiger partial charge < -0.3 is 15.0 Å². The standard InChI is InChI=1S/C13H19N5O/c1-14-13-17-11-10(15-8-16-11)12(18-13)19-9-6-4-2-3-5-7-9/h8-9H,2-7H2,1H3,(H2,14,15,16,17,18). The number of hydrogen-bond acceptors (Lipinski definition) is 5. The van der Waals surface area contributed by atoms with E-state index in [1.165, 1.54) is 25.7 Å². The van der Waals surface area contributed by atoms with Gasteiger partial charge in [0.05, 0.1) is 6.33 Å². The van der Waals surface area contributed by atoms with Crippen molar-refractivity contribution < 1.29 is 4.74 Å². The minimum Gasteiger partial charge on any atom is -0.473 e. The molecule has 0 unspecified atom stereocenters. The predicted octanol–water partition coefficient (Wildman–Crippen LogP) is 2.50. The zero-order chi connectivity index (χ0) is 13.1. The molecule has 19 heavy (non-hydrogen) atoms. The minimum atomic E-state index is 0.258. The smallest absolute Gasteiger partial charge is 0.245 e. The van der Waals surface area contributed by atoms with Crippen molar-refractivity contribution in [1.82, 2.24) is 19.9 Å². The van der Waals surface area contributed by atoms with E-state index in [0.717, 1.165) is 18.4 Å². The van der Waals surface area contributed by atoms with Gasteiger partial charge in [0.2, 0.25) is 11.8 Å². The third-order valence-electron chi connectivity index (χ3n) is 3.56.